The Morgan fingerprint density at radius 2 is 1.44 bits per heavy atom. The highest BCUT2D eigenvalue weighted by Crippen LogP contribution is 2.31. The number of aromatic nitrogens is 1. The smallest absolute Gasteiger partial charge is 0.336 e. The number of rotatable bonds is 4. The quantitative estimate of drug-likeness (QED) is 0.554. The average molecular weight is 359 g/mol. The zero-order valence-corrected chi connectivity index (χ0v) is 13.9. The van der Waals surface area contributed by atoms with Crippen LogP contribution in [0, 0.1) is 0 Å². The number of carboxylic acid groups (broad SMARTS) is 2. The Morgan fingerprint density at radius 1 is 0.778 bits per heavy atom. The van der Waals surface area contributed by atoms with E-state index in [1.165, 1.54) is 12.1 Å². The zero-order chi connectivity index (χ0) is 19.0. The molecule has 0 radical (unpaired) electrons. The number of fused-ring (bicyclic) bond motifs is 1. The first-order chi connectivity index (χ1) is 13.0. The Kier molecular flexibility index (Phi) is 3.93. The molecule has 0 saturated carbocycles. The second kappa shape index (κ2) is 6.42. The van der Waals surface area contributed by atoms with Crippen LogP contribution in [-0.2, 0) is 0 Å². The molecule has 2 aromatic heterocycles. The zero-order valence-electron chi connectivity index (χ0n) is 13.9. The molecule has 0 fully saturated rings. The van der Waals surface area contributed by atoms with Gasteiger partial charge >= 0.3 is 11.9 Å². The molecule has 132 valence electrons. The van der Waals surface area contributed by atoms with Crippen LogP contribution in [0.3, 0.4) is 0 Å². The van der Waals surface area contributed by atoms with Crippen LogP contribution in [0.2, 0.25) is 0 Å². The lowest BCUT2D eigenvalue weighted by Gasteiger charge is -2.05. The highest BCUT2D eigenvalue weighted by atomic mass is 16.4. The number of pyridine rings is 1. The van der Waals surface area contributed by atoms with Gasteiger partial charge in [0, 0.05) is 10.9 Å². The summed E-state index contributed by atoms with van der Waals surface area (Å²) in [6.07, 6.45) is 0. The number of carboxylic acids is 2. The summed E-state index contributed by atoms with van der Waals surface area (Å²) >= 11 is 0. The van der Waals surface area contributed by atoms with Gasteiger partial charge in [-0.2, -0.15) is 0 Å². The van der Waals surface area contributed by atoms with Crippen LogP contribution in [0.1, 0.15) is 20.7 Å². The van der Waals surface area contributed by atoms with Crippen molar-refractivity contribution in [3.05, 3.63) is 77.9 Å². The minimum absolute atomic E-state index is 0.121. The summed E-state index contributed by atoms with van der Waals surface area (Å²) in [5.74, 6) is -1.38. The van der Waals surface area contributed by atoms with E-state index in [1.807, 2.05) is 0 Å². The van der Waals surface area contributed by atoms with Crippen LogP contribution in [0.25, 0.3) is 33.7 Å². The summed E-state index contributed by atoms with van der Waals surface area (Å²) < 4.78 is 5.81. The molecule has 4 rings (SSSR count). The first-order valence-electron chi connectivity index (χ1n) is 8.10. The topological polar surface area (TPSA) is 101 Å². The molecule has 27 heavy (non-hydrogen) atoms. The minimum atomic E-state index is -1.06. The molecule has 0 unspecified atom stereocenters. The Balaban J connectivity index is 1.85. The molecule has 0 aliphatic carbocycles. The van der Waals surface area contributed by atoms with Gasteiger partial charge in [-0.15, -0.1) is 0 Å². The average Bonchev–Trinajstić information content (AvgIpc) is 3.17. The maximum absolute atomic E-state index is 11.6. The lowest BCUT2D eigenvalue weighted by molar-refractivity contribution is 0.0687. The molecular weight excluding hydrogens is 346 g/mol. The first kappa shape index (κ1) is 16.5. The largest absolute Gasteiger partial charge is 0.478 e. The number of benzene rings is 2. The number of hydrogen-bond acceptors (Lipinski definition) is 4. The highest BCUT2D eigenvalue weighted by Gasteiger charge is 2.17. The van der Waals surface area contributed by atoms with Crippen molar-refractivity contribution in [3.8, 4) is 22.8 Å². The SMILES string of the molecule is O=C(O)c1ccccc1-c1ccc(-c2cc(C(=O)O)c3ccccc3n2)o1. The van der Waals surface area contributed by atoms with Gasteiger partial charge in [0.05, 0.1) is 16.6 Å². The Hall–Kier alpha value is -3.93. The number of hydrogen-bond donors (Lipinski definition) is 2. The number of para-hydroxylation sites is 1. The molecule has 0 spiro atoms. The number of nitrogens with zero attached hydrogens (tertiary/aromatic N) is 1. The van der Waals surface area contributed by atoms with E-state index in [-0.39, 0.29) is 11.1 Å². The number of furan rings is 1. The second-order valence-electron chi connectivity index (χ2n) is 5.89. The highest BCUT2D eigenvalue weighted by molar-refractivity contribution is 6.03. The second-order valence-corrected chi connectivity index (χ2v) is 5.89. The van der Waals surface area contributed by atoms with Crippen LogP contribution in [0.4, 0.5) is 0 Å². The summed E-state index contributed by atoms with van der Waals surface area (Å²) in [5, 5.41) is 19.4. The van der Waals surface area contributed by atoms with E-state index in [1.54, 1.807) is 54.6 Å². The number of carbonyl (C=O) groups is 2. The third kappa shape index (κ3) is 2.93. The normalized spacial score (nSPS) is 10.8. The van der Waals surface area contributed by atoms with Gasteiger partial charge in [0.1, 0.15) is 11.5 Å². The lowest BCUT2D eigenvalue weighted by Crippen LogP contribution is -2.00. The van der Waals surface area contributed by atoms with E-state index in [2.05, 4.69) is 4.98 Å². The van der Waals surface area contributed by atoms with Crippen LogP contribution >= 0.6 is 0 Å². The van der Waals surface area contributed by atoms with Crippen molar-refractivity contribution in [2.75, 3.05) is 0 Å². The van der Waals surface area contributed by atoms with Crippen molar-refractivity contribution in [2.24, 2.45) is 0 Å². The first-order valence-corrected chi connectivity index (χ1v) is 8.10. The molecule has 6 heteroatoms. The van der Waals surface area contributed by atoms with Gasteiger partial charge in [0.2, 0.25) is 0 Å². The third-order valence-corrected chi connectivity index (χ3v) is 4.23. The predicted octanol–water partition coefficient (Wildman–Crippen LogP) is 4.56. The van der Waals surface area contributed by atoms with Gasteiger partial charge in [-0.05, 0) is 30.3 Å². The van der Waals surface area contributed by atoms with Crippen molar-refractivity contribution in [1.29, 1.82) is 0 Å². The molecule has 0 amide bonds. The Bertz CT molecular complexity index is 1190. The van der Waals surface area contributed by atoms with E-state index in [9.17, 15) is 19.8 Å². The molecular formula is C21H13NO5. The van der Waals surface area contributed by atoms with Crippen molar-refractivity contribution in [3.63, 3.8) is 0 Å². The van der Waals surface area contributed by atoms with Crippen molar-refractivity contribution in [1.82, 2.24) is 4.98 Å². The molecule has 0 atom stereocenters. The molecule has 2 aromatic carbocycles. The Labute approximate surface area is 153 Å². The van der Waals surface area contributed by atoms with Crippen LogP contribution in [0.5, 0.6) is 0 Å². The van der Waals surface area contributed by atoms with Crippen molar-refractivity contribution >= 4 is 22.8 Å². The van der Waals surface area contributed by atoms with Crippen LogP contribution < -0.4 is 0 Å². The summed E-state index contributed by atoms with van der Waals surface area (Å²) in [4.78, 5) is 27.5. The maximum atomic E-state index is 11.6. The van der Waals surface area contributed by atoms with Crippen molar-refractivity contribution < 1.29 is 24.2 Å². The lowest BCUT2D eigenvalue weighted by atomic mass is 10.1. The fourth-order valence-electron chi connectivity index (χ4n) is 2.98. The molecule has 0 aliphatic heterocycles. The van der Waals surface area contributed by atoms with Gasteiger partial charge in [0.25, 0.3) is 0 Å². The maximum Gasteiger partial charge on any atom is 0.336 e. The summed E-state index contributed by atoms with van der Waals surface area (Å²) in [7, 11) is 0. The van der Waals surface area contributed by atoms with Crippen molar-refractivity contribution in [2.45, 2.75) is 0 Å². The molecule has 6 nitrogen and oxygen atoms in total. The number of aromatic carboxylic acids is 2. The molecule has 0 aliphatic rings. The van der Waals surface area contributed by atoms with Gasteiger partial charge < -0.3 is 14.6 Å². The summed E-state index contributed by atoms with van der Waals surface area (Å²) in [6, 6.07) is 18.2. The fraction of sp³-hybridized carbons (Fsp3) is 0. The standard InChI is InChI=1S/C21H13NO5/c23-20(24)14-7-2-1-6-13(14)18-9-10-19(27-18)17-11-15(21(25)26)12-5-3-4-8-16(12)22-17/h1-11H,(H,23,24)(H,25,26). The third-order valence-electron chi connectivity index (χ3n) is 4.23. The van der Waals surface area contributed by atoms with Gasteiger partial charge in [-0.3, -0.25) is 0 Å². The molecule has 4 aromatic rings. The molecule has 0 bridgehead atoms. The van der Waals surface area contributed by atoms with E-state index in [0.29, 0.717) is 33.7 Å². The monoisotopic (exact) mass is 359 g/mol. The van der Waals surface area contributed by atoms with Gasteiger partial charge in [-0.25, -0.2) is 14.6 Å². The molecule has 2 heterocycles. The predicted molar refractivity (Wildman–Crippen MR) is 98.8 cm³/mol. The van der Waals surface area contributed by atoms with E-state index < -0.39 is 11.9 Å². The van der Waals surface area contributed by atoms with Gasteiger partial charge in [-0.1, -0.05) is 36.4 Å². The minimum Gasteiger partial charge on any atom is -0.478 e. The summed E-state index contributed by atoms with van der Waals surface area (Å²) in [5.41, 5.74) is 1.59. The fourth-order valence-corrected chi connectivity index (χ4v) is 2.98. The summed E-state index contributed by atoms with van der Waals surface area (Å²) in [6.45, 7) is 0. The van der Waals surface area contributed by atoms with Gasteiger partial charge in [0.15, 0.2) is 5.76 Å². The van der Waals surface area contributed by atoms with E-state index in [4.69, 9.17) is 4.42 Å². The van der Waals surface area contributed by atoms with E-state index in [0.717, 1.165) is 0 Å². The molecule has 0 saturated heterocycles. The van der Waals surface area contributed by atoms with Crippen LogP contribution in [-0.4, -0.2) is 27.1 Å². The van der Waals surface area contributed by atoms with E-state index >= 15 is 0 Å². The molecule has 2 N–H and O–H groups in total. The van der Waals surface area contributed by atoms with Crippen LogP contribution in [0.15, 0.2) is 71.1 Å². The Morgan fingerprint density at radius 3 is 2.22 bits per heavy atom.